The third-order valence-corrected chi connectivity index (χ3v) is 3.14. The van der Waals surface area contributed by atoms with Gasteiger partial charge in [-0.3, -0.25) is 9.69 Å². The number of amides is 3. The molecule has 0 aromatic carbocycles. The van der Waals surface area contributed by atoms with Gasteiger partial charge in [-0.15, -0.1) is 5.10 Å². The molecule has 1 aromatic heterocycles. The molecule has 1 fully saturated rings. The Bertz CT molecular complexity index is 531. The molecule has 0 spiro atoms. The molecule has 0 bridgehead atoms. The number of rotatable bonds is 5. The average molecular weight is 300 g/mol. The first-order chi connectivity index (χ1) is 9.61. The van der Waals surface area contributed by atoms with Gasteiger partial charge in [0.25, 0.3) is 5.22 Å². The number of carbonyl (C=O) groups excluding carboxylic acids is 3. The van der Waals surface area contributed by atoms with Crippen LogP contribution in [0.3, 0.4) is 0 Å². The van der Waals surface area contributed by atoms with Gasteiger partial charge in [0.15, 0.2) is 0 Å². The quantitative estimate of drug-likeness (QED) is 0.591. The molecule has 0 aliphatic carbocycles. The highest BCUT2D eigenvalue weighted by Gasteiger charge is 2.26. The number of imide groups is 1. The Hall–Kier alpha value is -2.10. The first-order valence-corrected chi connectivity index (χ1v) is 6.82. The lowest BCUT2D eigenvalue weighted by Gasteiger charge is -2.10. The molecule has 108 valence electrons. The Morgan fingerprint density at radius 2 is 2.30 bits per heavy atom. The lowest BCUT2D eigenvalue weighted by molar-refractivity contribution is -0.124. The largest absolute Gasteiger partial charge is 0.459 e. The van der Waals surface area contributed by atoms with Gasteiger partial charge in [0.05, 0.1) is 12.4 Å². The second-order valence-corrected chi connectivity index (χ2v) is 4.59. The van der Waals surface area contributed by atoms with Crippen LogP contribution in [0.15, 0.2) is 9.64 Å². The number of urea groups is 1. The van der Waals surface area contributed by atoms with Gasteiger partial charge in [-0.25, -0.2) is 9.59 Å². The first kappa shape index (κ1) is 14.3. The highest BCUT2D eigenvalue weighted by atomic mass is 32.2. The van der Waals surface area contributed by atoms with Crippen LogP contribution in [0.4, 0.5) is 4.79 Å². The van der Waals surface area contributed by atoms with Crippen molar-refractivity contribution in [1.29, 1.82) is 0 Å². The number of hydrogen-bond donors (Lipinski definition) is 1. The van der Waals surface area contributed by atoms with Crippen molar-refractivity contribution in [3.05, 3.63) is 5.89 Å². The molecule has 0 unspecified atom stereocenters. The Morgan fingerprint density at radius 1 is 1.50 bits per heavy atom. The SMILES string of the molecule is CCOC(=O)c1nnc(SCC(=O)N2CCNC2=O)o1. The van der Waals surface area contributed by atoms with Gasteiger partial charge in [0.1, 0.15) is 0 Å². The van der Waals surface area contributed by atoms with E-state index in [-0.39, 0.29) is 29.4 Å². The maximum Gasteiger partial charge on any atom is 0.396 e. The van der Waals surface area contributed by atoms with Crippen LogP contribution in [-0.4, -0.2) is 58.5 Å². The number of aromatic nitrogens is 2. The van der Waals surface area contributed by atoms with E-state index in [4.69, 9.17) is 4.42 Å². The fourth-order valence-electron chi connectivity index (χ4n) is 1.45. The van der Waals surface area contributed by atoms with Crippen LogP contribution in [-0.2, 0) is 9.53 Å². The minimum Gasteiger partial charge on any atom is -0.459 e. The van der Waals surface area contributed by atoms with Crippen LogP contribution in [0.1, 0.15) is 17.6 Å². The van der Waals surface area contributed by atoms with Crippen molar-refractivity contribution in [2.24, 2.45) is 0 Å². The highest BCUT2D eigenvalue weighted by molar-refractivity contribution is 7.99. The molecule has 1 saturated heterocycles. The molecule has 1 aliphatic heterocycles. The number of esters is 1. The number of nitrogens with one attached hydrogen (secondary N) is 1. The van der Waals surface area contributed by atoms with Crippen LogP contribution in [0.25, 0.3) is 0 Å². The van der Waals surface area contributed by atoms with Crippen LogP contribution in [0.5, 0.6) is 0 Å². The molecule has 20 heavy (non-hydrogen) atoms. The van der Waals surface area contributed by atoms with E-state index in [9.17, 15) is 14.4 Å². The Balaban J connectivity index is 1.86. The van der Waals surface area contributed by atoms with Crippen molar-refractivity contribution in [3.63, 3.8) is 0 Å². The number of carbonyl (C=O) groups is 3. The third-order valence-electron chi connectivity index (χ3n) is 2.33. The van der Waals surface area contributed by atoms with E-state index < -0.39 is 12.0 Å². The summed E-state index contributed by atoms with van der Waals surface area (Å²) in [6, 6.07) is -0.409. The van der Waals surface area contributed by atoms with Gasteiger partial charge in [-0.2, -0.15) is 0 Å². The second-order valence-electron chi connectivity index (χ2n) is 3.66. The lowest BCUT2D eigenvalue weighted by Crippen LogP contribution is -2.35. The zero-order valence-corrected chi connectivity index (χ0v) is 11.4. The highest BCUT2D eigenvalue weighted by Crippen LogP contribution is 2.17. The molecule has 2 heterocycles. The van der Waals surface area contributed by atoms with Gasteiger partial charge < -0.3 is 14.5 Å². The zero-order chi connectivity index (χ0) is 14.5. The zero-order valence-electron chi connectivity index (χ0n) is 10.6. The molecule has 3 amide bonds. The normalized spacial score (nSPS) is 14.2. The smallest absolute Gasteiger partial charge is 0.396 e. The van der Waals surface area contributed by atoms with Gasteiger partial charge in [-0.05, 0) is 6.92 Å². The van der Waals surface area contributed by atoms with Gasteiger partial charge in [-0.1, -0.05) is 16.9 Å². The fraction of sp³-hybridized carbons (Fsp3) is 0.500. The molecule has 1 aromatic rings. The van der Waals surface area contributed by atoms with Crippen LogP contribution >= 0.6 is 11.8 Å². The summed E-state index contributed by atoms with van der Waals surface area (Å²) >= 11 is 0.954. The predicted octanol–water partition coefficient (Wildman–Crippen LogP) is -0.110. The Morgan fingerprint density at radius 3 is 2.95 bits per heavy atom. The summed E-state index contributed by atoms with van der Waals surface area (Å²) < 4.78 is 9.72. The number of hydrogen-bond acceptors (Lipinski definition) is 8. The van der Waals surface area contributed by atoms with E-state index >= 15 is 0 Å². The number of ether oxygens (including phenoxy) is 1. The van der Waals surface area contributed by atoms with Gasteiger partial charge >= 0.3 is 17.9 Å². The second kappa shape index (κ2) is 6.37. The Labute approximate surface area is 118 Å². The van der Waals surface area contributed by atoms with E-state index in [2.05, 4.69) is 20.3 Å². The molecule has 1 N–H and O–H groups in total. The van der Waals surface area contributed by atoms with Crippen molar-refractivity contribution in [1.82, 2.24) is 20.4 Å². The average Bonchev–Trinajstić information content (AvgIpc) is 3.05. The molecule has 9 nitrogen and oxygen atoms in total. The summed E-state index contributed by atoms with van der Waals surface area (Å²) in [4.78, 5) is 35.4. The van der Waals surface area contributed by atoms with Gasteiger partial charge in [0.2, 0.25) is 5.91 Å². The number of nitrogens with zero attached hydrogens (tertiary/aromatic N) is 3. The molecular formula is C10H12N4O5S. The van der Waals surface area contributed by atoms with E-state index in [1.807, 2.05) is 0 Å². The summed E-state index contributed by atoms with van der Waals surface area (Å²) in [5.74, 6) is -1.36. The Kier molecular flexibility index (Phi) is 4.56. The van der Waals surface area contributed by atoms with Crippen LogP contribution in [0.2, 0.25) is 0 Å². The van der Waals surface area contributed by atoms with Crippen LogP contribution < -0.4 is 5.32 Å². The molecule has 10 heteroatoms. The van der Waals surface area contributed by atoms with E-state index in [0.29, 0.717) is 13.1 Å². The van der Waals surface area contributed by atoms with E-state index in [1.165, 1.54) is 0 Å². The molecule has 0 radical (unpaired) electrons. The third kappa shape index (κ3) is 3.26. The monoisotopic (exact) mass is 300 g/mol. The standard InChI is InChI=1S/C10H12N4O5S/c1-2-18-8(16)7-12-13-10(19-7)20-5-6(15)14-4-3-11-9(14)17/h2-5H2,1H3,(H,11,17). The van der Waals surface area contributed by atoms with E-state index in [1.54, 1.807) is 6.92 Å². The molecule has 0 atom stereocenters. The van der Waals surface area contributed by atoms with Crippen molar-refractivity contribution in [3.8, 4) is 0 Å². The summed E-state index contributed by atoms with van der Waals surface area (Å²) in [5, 5.41) is 9.72. The summed E-state index contributed by atoms with van der Waals surface area (Å²) in [7, 11) is 0. The molecular weight excluding hydrogens is 288 g/mol. The fourth-order valence-corrected chi connectivity index (χ4v) is 2.09. The molecule has 1 aliphatic rings. The minimum atomic E-state index is -0.711. The summed E-state index contributed by atoms with van der Waals surface area (Å²) in [6.07, 6.45) is 0. The van der Waals surface area contributed by atoms with Crippen molar-refractivity contribution >= 4 is 29.7 Å². The number of thioether (sulfide) groups is 1. The van der Waals surface area contributed by atoms with Crippen molar-refractivity contribution in [2.75, 3.05) is 25.4 Å². The van der Waals surface area contributed by atoms with Crippen molar-refractivity contribution < 1.29 is 23.5 Å². The van der Waals surface area contributed by atoms with Crippen molar-refractivity contribution in [2.45, 2.75) is 12.1 Å². The predicted molar refractivity (Wildman–Crippen MR) is 66.1 cm³/mol. The molecule has 0 saturated carbocycles. The summed E-state index contributed by atoms with van der Waals surface area (Å²) in [6.45, 7) is 2.65. The topological polar surface area (TPSA) is 115 Å². The minimum absolute atomic E-state index is 0.0299. The van der Waals surface area contributed by atoms with E-state index in [0.717, 1.165) is 16.7 Å². The van der Waals surface area contributed by atoms with Gasteiger partial charge in [0, 0.05) is 13.1 Å². The maximum absolute atomic E-state index is 11.7. The first-order valence-electron chi connectivity index (χ1n) is 5.83. The maximum atomic E-state index is 11.7. The molecule has 2 rings (SSSR count). The summed E-state index contributed by atoms with van der Waals surface area (Å²) in [5.41, 5.74) is 0. The lowest BCUT2D eigenvalue weighted by atomic mass is 10.5. The van der Waals surface area contributed by atoms with Crippen LogP contribution in [0, 0.1) is 0 Å².